The number of hydrogen-bond acceptors (Lipinski definition) is 5. The standard InChI is InChI=1S/C17H19N4OS.ClH/c1-20(2)13-7-5-12(6-8-13)18-19-17-21(3)15-10-9-14(22-4)11-16(15)23-17;/h5-11H,1-4H3;1H/q+1;/p-1. The second-order valence-corrected chi connectivity index (χ2v) is 6.40. The Hall–Kier alpha value is -2.18. The fraction of sp³-hybridized carbons (Fsp3) is 0.235. The van der Waals surface area contributed by atoms with Crippen molar-refractivity contribution in [1.29, 1.82) is 0 Å². The van der Waals surface area contributed by atoms with Crippen LogP contribution in [0, 0.1) is 0 Å². The highest BCUT2D eigenvalue weighted by atomic mass is 35.5. The monoisotopic (exact) mass is 362 g/mol. The molecule has 0 N–H and O–H groups in total. The number of hydrogen-bond donors (Lipinski definition) is 0. The molecule has 0 unspecified atom stereocenters. The first kappa shape index (κ1) is 18.2. The zero-order valence-corrected chi connectivity index (χ0v) is 15.6. The van der Waals surface area contributed by atoms with Gasteiger partial charge in [0.05, 0.1) is 24.0 Å². The molecule has 126 valence electrons. The normalized spacial score (nSPS) is 10.8. The second kappa shape index (κ2) is 7.59. The van der Waals surface area contributed by atoms with Crippen LogP contribution in [0.5, 0.6) is 5.75 Å². The molecular formula is C17H19ClN4OS. The summed E-state index contributed by atoms with van der Waals surface area (Å²) in [5, 5.41) is 9.59. The number of rotatable bonds is 4. The number of ether oxygens (including phenoxy) is 1. The number of halogens is 1. The van der Waals surface area contributed by atoms with Gasteiger partial charge in [-0.25, -0.2) is 4.57 Å². The SMILES string of the molecule is COc1ccc2c(c1)sc(N=Nc1ccc(N(C)C)cc1)[n+]2C.[Cl-]. The Balaban J connectivity index is 0.00000208. The molecule has 0 aliphatic heterocycles. The number of aryl methyl sites for hydroxylation is 1. The average molecular weight is 363 g/mol. The summed E-state index contributed by atoms with van der Waals surface area (Å²) in [6.45, 7) is 0. The molecule has 0 radical (unpaired) electrons. The van der Waals surface area contributed by atoms with Crippen molar-refractivity contribution >= 4 is 38.1 Å². The highest BCUT2D eigenvalue weighted by molar-refractivity contribution is 7.21. The molecule has 5 nitrogen and oxygen atoms in total. The largest absolute Gasteiger partial charge is 1.00 e. The van der Waals surface area contributed by atoms with Crippen LogP contribution in [-0.4, -0.2) is 21.2 Å². The maximum Gasteiger partial charge on any atom is 0.409 e. The molecule has 0 atom stereocenters. The van der Waals surface area contributed by atoms with E-state index in [0.29, 0.717) is 0 Å². The molecule has 0 saturated carbocycles. The van der Waals surface area contributed by atoms with Gasteiger partial charge in [-0.1, -0.05) is 0 Å². The Morgan fingerprint density at radius 1 is 1.04 bits per heavy atom. The van der Waals surface area contributed by atoms with E-state index in [9.17, 15) is 0 Å². The van der Waals surface area contributed by atoms with Gasteiger partial charge in [-0.15, -0.1) is 0 Å². The van der Waals surface area contributed by atoms with Crippen molar-refractivity contribution < 1.29 is 21.7 Å². The Morgan fingerprint density at radius 2 is 1.75 bits per heavy atom. The van der Waals surface area contributed by atoms with Crippen molar-refractivity contribution in [3.63, 3.8) is 0 Å². The summed E-state index contributed by atoms with van der Waals surface area (Å²) in [5.74, 6) is 0.849. The van der Waals surface area contributed by atoms with Gasteiger partial charge in [-0.2, -0.15) is 0 Å². The lowest BCUT2D eigenvalue weighted by atomic mass is 10.3. The van der Waals surface area contributed by atoms with E-state index < -0.39 is 0 Å². The number of azo groups is 1. The number of anilines is 1. The van der Waals surface area contributed by atoms with Gasteiger partial charge in [0.1, 0.15) is 17.0 Å². The van der Waals surface area contributed by atoms with Crippen LogP contribution in [0.1, 0.15) is 0 Å². The molecule has 2 aromatic carbocycles. The summed E-state index contributed by atoms with van der Waals surface area (Å²) < 4.78 is 8.44. The quantitative estimate of drug-likeness (QED) is 0.517. The van der Waals surface area contributed by atoms with Crippen LogP contribution in [0.4, 0.5) is 16.5 Å². The molecular weight excluding hydrogens is 344 g/mol. The molecule has 3 aromatic rings. The van der Waals surface area contributed by atoms with Crippen LogP contribution >= 0.6 is 11.3 Å². The molecule has 0 fully saturated rings. The van der Waals surface area contributed by atoms with Crippen LogP contribution in [0.3, 0.4) is 0 Å². The molecule has 1 heterocycles. The second-order valence-electron chi connectivity index (χ2n) is 5.39. The minimum Gasteiger partial charge on any atom is -1.00 e. The number of benzene rings is 2. The van der Waals surface area contributed by atoms with Crippen molar-refractivity contribution in [2.24, 2.45) is 17.3 Å². The van der Waals surface area contributed by atoms with E-state index in [1.807, 2.05) is 68.2 Å². The predicted molar refractivity (Wildman–Crippen MR) is 94.5 cm³/mol. The molecule has 0 spiro atoms. The number of methoxy groups -OCH3 is 1. The van der Waals surface area contributed by atoms with Gasteiger partial charge in [-0.05, 0) is 52.8 Å². The Bertz CT molecular complexity index is 859. The van der Waals surface area contributed by atoms with E-state index in [-0.39, 0.29) is 12.4 Å². The van der Waals surface area contributed by atoms with Gasteiger partial charge < -0.3 is 22.0 Å². The van der Waals surface area contributed by atoms with Crippen LogP contribution in [-0.2, 0) is 7.05 Å². The molecule has 0 bridgehead atoms. The summed E-state index contributed by atoms with van der Waals surface area (Å²) in [4.78, 5) is 2.06. The van der Waals surface area contributed by atoms with E-state index in [1.54, 1.807) is 18.4 Å². The summed E-state index contributed by atoms with van der Waals surface area (Å²) in [5.41, 5.74) is 3.10. The Kier molecular flexibility index (Phi) is 5.75. The molecule has 7 heteroatoms. The molecule has 0 amide bonds. The third kappa shape index (κ3) is 3.66. The van der Waals surface area contributed by atoms with Crippen molar-refractivity contribution in [1.82, 2.24) is 0 Å². The first-order chi connectivity index (χ1) is 11.1. The minimum absolute atomic E-state index is 0. The lowest BCUT2D eigenvalue weighted by molar-refractivity contribution is -0.627. The minimum atomic E-state index is 0. The van der Waals surface area contributed by atoms with Crippen LogP contribution in [0.2, 0.25) is 0 Å². The number of aromatic nitrogens is 1. The van der Waals surface area contributed by atoms with E-state index in [0.717, 1.165) is 32.5 Å². The topological polar surface area (TPSA) is 41.1 Å². The van der Waals surface area contributed by atoms with Gasteiger partial charge in [0.15, 0.2) is 0 Å². The van der Waals surface area contributed by atoms with E-state index >= 15 is 0 Å². The summed E-state index contributed by atoms with van der Waals surface area (Å²) >= 11 is 1.60. The first-order valence-electron chi connectivity index (χ1n) is 7.24. The van der Waals surface area contributed by atoms with Gasteiger partial charge in [0.25, 0.3) is 0 Å². The maximum absolute atomic E-state index is 5.27. The fourth-order valence-electron chi connectivity index (χ4n) is 2.26. The summed E-state index contributed by atoms with van der Waals surface area (Å²) in [6.07, 6.45) is 0. The number of thiazole rings is 1. The van der Waals surface area contributed by atoms with Crippen molar-refractivity contribution in [2.75, 3.05) is 26.1 Å². The van der Waals surface area contributed by atoms with Crippen molar-refractivity contribution in [2.45, 2.75) is 0 Å². The predicted octanol–water partition coefficient (Wildman–Crippen LogP) is 1.22. The fourth-order valence-corrected chi connectivity index (χ4v) is 3.25. The lowest BCUT2D eigenvalue weighted by Crippen LogP contribution is -3.00. The van der Waals surface area contributed by atoms with Crippen molar-refractivity contribution in [3.8, 4) is 5.75 Å². The molecule has 0 aliphatic rings. The van der Waals surface area contributed by atoms with Gasteiger partial charge in [-0.3, -0.25) is 0 Å². The zero-order valence-electron chi connectivity index (χ0n) is 14.0. The molecule has 0 saturated heterocycles. The third-order valence-electron chi connectivity index (χ3n) is 3.63. The lowest BCUT2D eigenvalue weighted by Gasteiger charge is -2.11. The molecule has 24 heavy (non-hydrogen) atoms. The average Bonchev–Trinajstić information content (AvgIpc) is 2.88. The van der Waals surface area contributed by atoms with Gasteiger partial charge in [0, 0.05) is 25.8 Å². The molecule has 3 rings (SSSR count). The van der Waals surface area contributed by atoms with Gasteiger partial charge in [0.2, 0.25) is 0 Å². The first-order valence-corrected chi connectivity index (χ1v) is 8.06. The number of fused-ring (bicyclic) bond motifs is 1. The van der Waals surface area contributed by atoms with Crippen molar-refractivity contribution in [3.05, 3.63) is 42.5 Å². The van der Waals surface area contributed by atoms with Crippen LogP contribution in [0.15, 0.2) is 52.7 Å². The Labute approximate surface area is 151 Å². The maximum atomic E-state index is 5.27. The summed E-state index contributed by atoms with van der Waals surface area (Å²) in [6, 6.07) is 14.0. The smallest absolute Gasteiger partial charge is 0.409 e. The van der Waals surface area contributed by atoms with Gasteiger partial charge >= 0.3 is 5.13 Å². The highest BCUT2D eigenvalue weighted by Crippen LogP contribution is 2.30. The van der Waals surface area contributed by atoms with Crippen LogP contribution < -0.4 is 26.6 Å². The summed E-state index contributed by atoms with van der Waals surface area (Å²) in [7, 11) is 7.70. The Morgan fingerprint density at radius 3 is 2.38 bits per heavy atom. The molecule has 0 aliphatic carbocycles. The molecule has 1 aromatic heterocycles. The van der Waals surface area contributed by atoms with Crippen LogP contribution in [0.25, 0.3) is 10.2 Å². The van der Waals surface area contributed by atoms with E-state index in [1.165, 1.54) is 0 Å². The third-order valence-corrected chi connectivity index (χ3v) is 4.72. The number of nitrogens with zero attached hydrogens (tertiary/aromatic N) is 4. The van der Waals surface area contributed by atoms with E-state index in [4.69, 9.17) is 4.74 Å². The van der Waals surface area contributed by atoms with E-state index in [2.05, 4.69) is 15.1 Å². The zero-order chi connectivity index (χ0) is 16.4. The highest BCUT2D eigenvalue weighted by Gasteiger charge is 2.16.